The van der Waals surface area contributed by atoms with Crippen molar-refractivity contribution in [3.8, 4) is 0 Å². The van der Waals surface area contributed by atoms with Crippen LogP contribution in [0.4, 0.5) is 0 Å². The number of benzene rings is 1. The van der Waals surface area contributed by atoms with Gasteiger partial charge in [0.25, 0.3) is 0 Å². The number of hydrogen-bond acceptors (Lipinski definition) is 2. The van der Waals surface area contributed by atoms with E-state index in [9.17, 15) is 4.79 Å². The van der Waals surface area contributed by atoms with E-state index in [1.807, 2.05) is 12.1 Å². The molecule has 13 heavy (non-hydrogen) atoms. The van der Waals surface area contributed by atoms with Crippen LogP contribution in [0.25, 0.3) is 10.1 Å². The Morgan fingerprint density at radius 3 is 2.85 bits per heavy atom. The van der Waals surface area contributed by atoms with Crippen LogP contribution in [0.1, 0.15) is 4.88 Å². The lowest BCUT2D eigenvalue weighted by Gasteiger charge is -1.88. The summed E-state index contributed by atoms with van der Waals surface area (Å²) < 4.78 is 2.30. The van der Waals surface area contributed by atoms with Crippen molar-refractivity contribution in [2.75, 3.05) is 0 Å². The maximum Gasteiger partial charge on any atom is 0.125 e. The van der Waals surface area contributed by atoms with Crippen LogP contribution in [0.5, 0.6) is 0 Å². The highest BCUT2D eigenvalue weighted by molar-refractivity contribution is 9.10. The Morgan fingerprint density at radius 1 is 1.38 bits per heavy atom. The molecule has 66 valence electrons. The highest BCUT2D eigenvalue weighted by Crippen LogP contribution is 2.35. The van der Waals surface area contributed by atoms with Gasteiger partial charge in [0.1, 0.15) is 6.29 Å². The van der Waals surface area contributed by atoms with Crippen LogP contribution in [0.2, 0.25) is 0 Å². The van der Waals surface area contributed by atoms with Crippen LogP contribution in [0.3, 0.4) is 0 Å². The SMILES string of the molecule is O=CCc1sc2ccccc2c1Br. The first-order valence-electron chi connectivity index (χ1n) is 3.92. The molecule has 0 spiro atoms. The van der Waals surface area contributed by atoms with E-state index in [1.54, 1.807) is 11.3 Å². The molecule has 0 fully saturated rings. The van der Waals surface area contributed by atoms with Crippen LogP contribution < -0.4 is 0 Å². The summed E-state index contributed by atoms with van der Waals surface area (Å²) in [6.07, 6.45) is 1.44. The molecule has 0 aliphatic heterocycles. The lowest BCUT2D eigenvalue weighted by Crippen LogP contribution is -1.79. The van der Waals surface area contributed by atoms with Crippen molar-refractivity contribution in [1.29, 1.82) is 0 Å². The molecule has 2 aromatic rings. The van der Waals surface area contributed by atoms with E-state index in [0.717, 1.165) is 15.6 Å². The fraction of sp³-hybridized carbons (Fsp3) is 0.100. The van der Waals surface area contributed by atoms with Gasteiger partial charge in [-0.05, 0) is 22.0 Å². The van der Waals surface area contributed by atoms with Crippen LogP contribution in [-0.2, 0) is 11.2 Å². The standard InChI is InChI=1S/C10H7BrOS/c11-10-7-3-1-2-4-8(7)13-9(10)5-6-12/h1-4,6H,5H2. The third-order valence-corrected chi connectivity index (χ3v) is 4.23. The highest BCUT2D eigenvalue weighted by atomic mass is 79.9. The predicted octanol–water partition coefficient (Wildman–Crippen LogP) is 3.41. The van der Waals surface area contributed by atoms with Gasteiger partial charge in [0, 0.05) is 25.9 Å². The number of thiophene rings is 1. The van der Waals surface area contributed by atoms with E-state index in [4.69, 9.17) is 0 Å². The van der Waals surface area contributed by atoms with Crippen molar-refractivity contribution in [1.82, 2.24) is 0 Å². The van der Waals surface area contributed by atoms with Crippen molar-refractivity contribution in [2.45, 2.75) is 6.42 Å². The summed E-state index contributed by atoms with van der Waals surface area (Å²) in [6, 6.07) is 8.14. The number of rotatable bonds is 2. The maximum absolute atomic E-state index is 10.4. The number of fused-ring (bicyclic) bond motifs is 1. The third kappa shape index (κ3) is 1.54. The largest absolute Gasteiger partial charge is 0.303 e. The van der Waals surface area contributed by atoms with Gasteiger partial charge in [0.15, 0.2) is 0 Å². The van der Waals surface area contributed by atoms with Crippen molar-refractivity contribution in [3.05, 3.63) is 33.6 Å². The van der Waals surface area contributed by atoms with Crippen LogP contribution in [0, 0.1) is 0 Å². The second kappa shape index (κ2) is 3.60. The smallest absolute Gasteiger partial charge is 0.125 e. The van der Waals surface area contributed by atoms with Gasteiger partial charge in [-0.3, -0.25) is 0 Å². The minimum atomic E-state index is 0.500. The van der Waals surface area contributed by atoms with Gasteiger partial charge in [-0.2, -0.15) is 0 Å². The topological polar surface area (TPSA) is 17.1 Å². The van der Waals surface area contributed by atoms with E-state index in [1.165, 1.54) is 10.1 Å². The summed E-state index contributed by atoms with van der Waals surface area (Å²) in [6.45, 7) is 0. The first kappa shape index (κ1) is 8.91. The minimum absolute atomic E-state index is 0.500. The monoisotopic (exact) mass is 254 g/mol. The molecule has 0 N–H and O–H groups in total. The van der Waals surface area contributed by atoms with Crippen molar-refractivity contribution >= 4 is 43.6 Å². The number of carbonyl (C=O) groups is 1. The normalized spacial score (nSPS) is 10.5. The maximum atomic E-state index is 10.4. The molecular formula is C10H7BrOS. The number of halogens is 1. The van der Waals surface area contributed by atoms with E-state index < -0.39 is 0 Å². The van der Waals surface area contributed by atoms with E-state index >= 15 is 0 Å². The summed E-state index contributed by atoms with van der Waals surface area (Å²) in [5.41, 5.74) is 0. The molecule has 0 amide bonds. The summed E-state index contributed by atoms with van der Waals surface area (Å²) in [5.74, 6) is 0. The molecule has 1 nitrogen and oxygen atoms in total. The zero-order valence-corrected chi connectivity index (χ0v) is 9.19. The number of carbonyl (C=O) groups excluding carboxylic acids is 1. The summed E-state index contributed by atoms with van der Waals surface area (Å²) in [7, 11) is 0. The van der Waals surface area contributed by atoms with Gasteiger partial charge in [-0.1, -0.05) is 18.2 Å². The van der Waals surface area contributed by atoms with Crippen molar-refractivity contribution in [3.63, 3.8) is 0 Å². The Kier molecular flexibility index (Phi) is 2.47. The average Bonchev–Trinajstić information content (AvgIpc) is 2.46. The second-order valence-electron chi connectivity index (χ2n) is 2.71. The van der Waals surface area contributed by atoms with Gasteiger partial charge >= 0.3 is 0 Å². The zero-order valence-electron chi connectivity index (χ0n) is 6.79. The Balaban J connectivity index is 2.66. The molecule has 3 heteroatoms. The Labute approximate surface area is 88.5 Å². The lowest BCUT2D eigenvalue weighted by atomic mass is 10.2. The van der Waals surface area contributed by atoms with E-state index in [2.05, 4.69) is 28.1 Å². The average molecular weight is 255 g/mol. The molecular weight excluding hydrogens is 248 g/mol. The fourth-order valence-corrected chi connectivity index (χ4v) is 3.20. The summed E-state index contributed by atoms with van der Waals surface area (Å²) >= 11 is 5.17. The molecule has 1 heterocycles. The van der Waals surface area contributed by atoms with Crippen molar-refractivity contribution < 1.29 is 4.79 Å². The Bertz CT molecular complexity index is 447. The quantitative estimate of drug-likeness (QED) is 0.751. The first-order chi connectivity index (χ1) is 6.33. The Morgan fingerprint density at radius 2 is 2.15 bits per heavy atom. The van der Waals surface area contributed by atoms with E-state index in [-0.39, 0.29) is 0 Å². The second-order valence-corrected chi connectivity index (χ2v) is 4.64. The first-order valence-corrected chi connectivity index (χ1v) is 5.53. The molecule has 0 bridgehead atoms. The summed E-state index contributed by atoms with van der Waals surface area (Å²) in [5, 5.41) is 1.20. The third-order valence-electron chi connectivity index (χ3n) is 1.87. The number of hydrogen-bond donors (Lipinski definition) is 0. The molecule has 0 saturated carbocycles. The highest BCUT2D eigenvalue weighted by Gasteiger charge is 2.07. The fourth-order valence-electron chi connectivity index (χ4n) is 1.27. The molecule has 2 rings (SSSR count). The lowest BCUT2D eigenvalue weighted by molar-refractivity contribution is -0.107. The number of aldehydes is 1. The van der Waals surface area contributed by atoms with Gasteiger partial charge in [0.05, 0.1) is 0 Å². The van der Waals surface area contributed by atoms with Crippen molar-refractivity contribution in [2.24, 2.45) is 0 Å². The molecule has 0 aliphatic carbocycles. The van der Waals surface area contributed by atoms with Crippen LogP contribution in [0.15, 0.2) is 28.7 Å². The zero-order chi connectivity index (χ0) is 9.26. The van der Waals surface area contributed by atoms with Gasteiger partial charge in [-0.15, -0.1) is 11.3 Å². The van der Waals surface area contributed by atoms with Crippen LogP contribution >= 0.6 is 27.3 Å². The molecule has 0 unspecified atom stereocenters. The molecule has 0 radical (unpaired) electrons. The van der Waals surface area contributed by atoms with E-state index in [0.29, 0.717) is 6.42 Å². The van der Waals surface area contributed by atoms with Gasteiger partial charge in [0.2, 0.25) is 0 Å². The molecule has 1 aromatic heterocycles. The van der Waals surface area contributed by atoms with Crippen LogP contribution in [-0.4, -0.2) is 6.29 Å². The minimum Gasteiger partial charge on any atom is -0.303 e. The van der Waals surface area contributed by atoms with Gasteiger partial charge in [-0.25, -0.2) is 0 Å². The molecule has 0 atom stereocenters. The van der Waals surface area contributed by atoms with Gasteiger partial charge < -0.3 is 4.79 Å². The summed E-state index contributed by atoms with van der Waals surface area (Å²) in [4.78, 5) is 11.5. The molecule has 1 aromatic carbocycles. The molecule has 0 aliphatic rings. The molecule has 0 saturated heterocycles. The predicted molar refractivity (Wildman–Crippen MR) is 59.3 cm³/mol. The Hall–Kier alpha value is -0.670.